The van der Waals surface area contributed by atoms with Crippen molar-refractivity contribution in [3.05, 3.63) is 34.1 Å². The molecule has 1 N–H and O–H groups in total. The van der Waals surface area contributed by atoms with E-state index in [1.54, 1.807) is 6.07 Å². The van der Waals surface area contributed by atoms with Crippen molar-refractivity contribution in [1.82, 2.24) is 5.32 Å². The quantitative estimate of drug-likeness (QED) is 0.616. The molecule has 0 aliphatic heterocycles. The smallest absolute Gasteiger partial charge is 0.137 e. The van der Waals surface area contributed by atoms with Crippen LogP contribution >= 0.6 is 27.5 Å². The van der Waals surface area contributed by atoms with E-state index in [2.05, 4.69) is 21.2 Å². The van der Waals surface area contributed by atoms with Crippen LogP contribution in [-0.2, 0) is 6.54 Å². The molecule has 0 aliphatic rings. The number of alkyl halides is 1. The lowest BCUT2D eigenvalue weighted by molar-refractivity contribution is 0.600. The standard InChI is InChI=1S/C12H16BrClFN/c1-9(14)4-3-7-16-8-10-5-2-6-11(15)12(10)13/h2,5-6,9,16H,3-4,7-8H2,1H3. The molecule has 16 heavy (non-hydrogen) atoms. The molecule has 0 fully saturated rings. The lowest BCUT2D eigenvalue weighted by Crippen LogP contribution is -2.16. The highest BCUT2D eigenvalue weighted by atomic mass is 79.9. The van der Waals surface area contributed by atoms with E-state index in [9.17, 15) is 4.39 Å². The summed E-state index contributed by atoms with van der Waals surface area (Å²) in [7, 11) is 0. The first-order valence-corrected chi connectivity index (χ1v) is 6.62. The molecule has 90 valence electrons. The molecular weight excluding hydrogens is 292 g/mol. The Morgan fingerprint density at radius 1 is 1.50 bits per heavy atom. The second-order valence-corrected chi connectivity index (χ2v) is 5.35. The molecule has 0 saturated heterocycles. The van der Waals surface area contributed by atoms with Gasteiger partial charge in [-0.15, -0.1) is 11.6 Å². The first kappa shape index (κ1) is 13.9. The minimum absolute atomic E-state index is 0.214. The van der Waals surface area contributed by atoms with E-state index < -0.39 is 0 Å². The first-order valence-electron chi connectivity index (χ1n) is 5.39. The maximum atomic E-state index is 13.2. The molecule has 1 atom stereocenters. The molecule has 4 heteroatoms. The zero-order valence-corrected chi connectivity index (χ0v) is 11.6. The number of benzene rings is 1. The lowest BCUT2D eigenvalue weighted by atomic mass is 10.2. The van der Waals surface area contributed by atoms with Crippen LogP contribution in [0.15, 0.2) is 22.7 Å². The summed E-state index contributed by atoms with van der Waals surface area (Å²) >= 11 is 9.07. The molecule has 0 aromatic heterocycles. The van der Waals surface area contributed by atoms with E-state index in [4.69, 9.17) is 11.6 Å². The van der Waals surface area contributed by atoms with Crippen LogP contribution in [0, 0.1) is 5.82 Å². The molecular formula is C12H16BrClFN. The third-order valence-electron chi connectivity index (χ3n) is 2.30. The number of nitrogens with one attached hydrogen (secondary N) is 1. The zero-order valence-electron chi connectivity index (χ0n) is 9.27. The Hall–Kier alpha value is -0.120. The maximum absolute atomic E-state index is 13.2. The summed E-state index contributed by atoms with van der Waals surface area (Å²) < 4.78 is 13.7. The average Bonchev–Trinajstić information content (AvgIpc) is 2.23. The van der Waals surface area contributed by atoms with Crippen LogP contribution in [0.5, 0.6) is 0 Å². The molecule has 1 aromatic carbocycles. The summed E-state index contributed by atoms with van der Waals surface area (Å²) in [5, 5.41) is 3.49. The fraction of sp³-hybridized carbons (Fsp3) is 0.500. The van der Waals surface area contributed by atoms with Crippen molar-refractivity contribution in [2.75, 3.05) is 6.54 Å². The number of rotatable bonds is 6. The minimum atomic E-state index is -0.214. The second-order valence-electron chi connectivity index (χ2n) is 3.81. The molecule has 1 rings (SSSR count). The highest BCUT2D eigenvalue weighted by molar-refractivity contribution is 9.10. The van der Waals surface area contributed by atoms with Gasteiger partial charge in [0, 0.05) is 11.9 Å². The topological polar surface area (TPSA) is 12.0 Å². The van der Waals surface area contributed by atoms with E-state index in [1.807, 2.05) is 13.0 Å². The Morgan fingerprint density at radius 2 is 2.25 bits per heavy atom. The van der Waals surface area contributed by atoms with Gasteiger partial charge in [0.05, 0.1) is 4.47 Å². The van der Waals surface area contributed by atoms with Crippen molar-refractivity contribution in [3.8, 4) is 0 Å². The van der Waals surface area contributed by atoms with Gasteiger partial charge in [-0.1, -0.05) is 12.1 Å². The van der Waals surface area contributed by atoms with Crippen LogP contribution in [0.1, 0.15) is 25.3 Å². The van der Waals surface area contributed by atoms with Gasteiger partial charge in [-0.3, -0.25) is 0 Å². The van der Waals surface area contributed by atoms with Gasteiger partial charge in [-0.2, -0.15) is 0 Å². The van der Waals surface area contributed by atoms with E-state index in [1.165, 1.54) is 6.07 Å². The number of halogens is 3. The third kappa shape index (κ3) is 4.81. The summed E-state index contributed by atoms with van der Waals surface area (Å²) in [4.78, 5) is 0. The summed E-state index contributed by atoms with van der Waals surface area (Å²) in [6, 6.07) is 5.07. The molecule has 0 bridgehead atoms. The average molecular weight is 309 g/mol. The predicted molar refractivity (Wildman–Crippen MR) is 70.4 cm³/mol. The molecule has 1 unspecified atom stereocenters. The van der Waals surface area contributed by atoms with Crippen molar-refractivity contribution >= 4 is 27.5 Å². The fourth-order valence-electron chi connectivity index (χ4n) is 1.42. The molecule has 0 spiro atoms. The van der Waals surface area contributed by atoms with Crippen LogP contribution in [0.4, 0.5) is 4.39 Å². The van der Waals surface area contributed by atoms with Crippen LogP contribution in [0.3, 0.4) is 0 Å². The second kappa shape index (κ2) is 7.25. The van der Waals surface area contributed by atoms with Crippen molar-refractivity contribution in [2.24, 2.45) is 0 Å². The van der Waals surface area contributed by atoms with Crippen molar-refractivity contribution in [2.45, 2.75) is 31.7 Å². The third-order valence-corrected chi connectivity index (χ3v) is 3.41. The van der Waals surface area contributed by atoms with Crippen LogP contribution in [0.25, 0.3) is 0 Å². The first-order chi connectivity index (χ1) is 7.61. The Labute approximate surface area is 110 Å². The minimum Gasteiger partial charge on any atom is -0.313 e. The number of hydrogen-bond acceptors (Lipinski definition) is 1. The highest BCUT2D eigenvalue weighted by Gasteiger charge is 2.04. The zero-order chi connectivity index (χ0) is 12.0. The largest absolute Gasteiger partial charge is 0.313 e. The van der Waals surface area contributed by atoms with Gasteiger partial charge in [-0.05, 0) is 53.9 Å². The van der Waals surface area contributed by atoms with Gasteiger partial charge in [0.25, 0.3) is 0 Å². The fourth-order valence-corrected chi connectivity index (χ4v) is 1.98. The predicted octanol–water partition coefficient (Wildman–Crippen LogP) is 4.09. The normalized spacial score (nSPS) is 12.8. The molecule has 0 saturated carbocycles. The van der Waals surface area contributed by atoms with Gasteiger partial charge in [0.1, 0.15) is 5.82 Å². The summed E-state index contributed by atoms with van der Waals surface area (Å²) in [5.41, 5.74) is 0.943. The lowest BCUT2D eigenvalue weighted by Gasteiger charge is -2.08. The molecule has 1 nitrogen and oxygen atoms in total. The molecule has 1 aromatic rings. The van der Waals surface area contributed by atoms with Gasteiger partial charge in [-0.25, -0.2) is 4.39 Å². The number of hydrogen-bond donors (Lipinski definition) is 1. The Kier molecular flexibility index (Phi) is 6.32. The SMILES string of the molecule is CC(Cl)CCCNCc1cccc(F)c1Br. The van der Waals surface area contributed by atoms with Gasteiger partial charge in [0.15, 0.2) is 0 Å². The highest BCUT2D eigenvalue weighted by Crippen LogP contribution is 2.20. The van der Waals surface area contributed by atoms with E-state index >= 15 is 0 Å². The van der Waals surface area contributed by atoms with Crippen LogP contribution in [-0.4, -0.2) is 11.9 Å². The van der Waals surface area contributed by atoms with Crippen molar-refractivity contribution < 1.29 is 4.39 Å². The van der Waals surface area contributed by atoms with Crippen LogP contribution < -0.4 is 5.32 Å². The maximum Gasteiger partial charge on any atom is 0.137 e. The molecule has 0 amide bonds. The van der Waals surface area contributed by atoms with E-state index in [0.29, 0.717) is 11.0 Å². The summed E-state index contributed by atoms with van der Waals surface area (Å²) in [6.45, 7) is 3.57. The van der Waals surface area contributed by atoms with E-state index in [0.717, 1.165) is 24.9 Å². The van der Waals surface area contributed by atoms with Gasteiger partial charge >= 0.3 is 0 Å². The molecule has 0 aliphatic carbocycles. The Morgan fingerprint density at radius 3 is 2.94 bits per heavy atom. The van der Waals surface area contributed by atoms with Gasteiger partial charge < -0.3 is 5.32 Å². The van der Waals surface area contributed by atoms with Crippen molar-refractivity contribution in [3.63, 3.8) is 0 Å². The summed E-state index contributed by atoms with van der Waals surface area (Å²) in [6.07, 6.45) is 2.04. The van der Waals surface area contributed by atoms with Crippen molar-refractivity contribution in [1.29, 1.82) is 0 Å². The summed E-state index contributed by atoms with van der Waals surface area (Å²) in [5.74, 6) is -0.214. The van der Waals surface area contributed by atoms with Crippen LogP contribution in [0.2, 0.25) is 0 Å². The Bertz CT molecular complexity index is 331. The Balaban J connectivity index is 2.29. The monoisotopic (exact) mass is 307 g/mol. The molecule has 0 radical (unpaired) electrons. The van der Waals surface area contributed by atoms with E-state index in [-0.39, 0.29) is 11.2 Å². The molecule has 0 heterocycles. The van der Waals surface area contributed by atoms with Gasteiger partial charge in [0.2, 0.25) is 0 Å².